The van der Waals surface area contributed by atoms with E-state index in [1.165, 1.54) is 16.8 Å². The molecular weight excluding hydrogens is 290 g/mol. The second kappa shape index (κ2) is 6.24. The van der Waals surface area contributed by atoms with E-state index in [1.54, 1.807) is 0 Å². The van der Waals surface area contributed by atoms with Crippen molar-refractivity contribution in [2.24, 2.45) is 0 Å². The molecule has 0 spiro atoms. The predicted molar refractivity (Wildman–Crippen MR) is 88.0 cm³/mol. The Bertz CT molecular complexity index is 696. The lowest BCUT2D eigenvalue weighted by atomic mass is 9.93. The van der Waals surface area contributed by atoms with Gasteiger partial charge in [0, 0.05) is 30.4 Å². The zero-order valence-electron chi connectivity index (χ0n) is 13.5. The van der Waals surface area contributed by atoms with Gasteiger partial charge in [0.05, 0.1) is 6.20 Å². The van der Waals surface area contributed by atoms with Crippen LogP contribution in [0.4, 0.5) is 0 Å². The molecule has 122 valence electrons. The SMILES string of the molecule is CCn1ncc2c1CCC(NCc1cccc3c1OCCO3)C2. The summed E-state index contributed by atoms with van der Waals surface area (Å²) in [7, 11) is 0. The predicted octanol–water partition coefficient (Wildman–Crippen LogP) is 2.32. The van der Waals surface area contributed by atoms with Crippen molar-refractivity contribution < 1.29 is 9.47 Å². The highest BCUT2D eigenvalue weighted by atomic mass is 16.6. The number of para-hydroxylation sites is 1. The highest BCUT2D eigenvalue weighted by Gasteiger charge is 2.22. The van der Waals surface area contributed by atoms with Gasteiger partial charge >= 0.3 is 0 Å². The Balaban J connectivity index is 1.42. The van der Waals surface area contributed by atoms with E-state index in [4.69, 9.17) is 9.47 Å². The van der Waals surface area contributed by atoms with Gasteiger partial charge in [-0.15, -0.1) is 0 Å². The van der Waals surface area contributed by atoms with Crippen LogP contribution in [-0.4, -0.2) is 29.0 Å². The van der Waals surface area contributed by atoms with Crippen LogP contribution >= 0.6 is 0 Å². The Hall–Kier alpha value is -2.01. The maximum absolute atomic E-state index is 5.79. The van der Waals surface area contributed by atoms with Crippen LogP contribution in [0.3, 0.4) is 0 Å². The zero-order chi connectivity index (χ0) is 15.6. The molecule has 1 aromatic carbocycles. The van der Waals surface area contributed by atoms with E-state index in [0.29, 0.717) is 19.3 Å². The third-order valence-corrected chi connectivity index (χ3v) is 4.76. The fourth-order valence-corrected chi connectivity index (χ4v) is 3.56. The monoisotopic (exact) mass is 313 g/mol. The summed E-state index contributed by atoms with van der Waals surface area (Å²) in [6.45, 7) is 5.19. The van der Waals surface area contributed by atoms with Crippen LogP contribution in [0.2, 0.25) is 0 Å². The highest BCUT2D eigenvalue weighted by Crippen LogP contribution is 2.33. The fraction of sp³-hybridized carbons (Fsp3) is 0.500. The molecule has 5 heteroatoms. The molecule has 0 fully saturated rings. The molecule has 5 nitrogen and oxygen atoms in total. The summed E-state index contributed by atoms with van der Waals surface area (Å²) in [6, 6.07) is 6.63. The quantitative estimate of drug-likeness (QED) is 0.941. The molecule has 1 N–H and O–H groups in total. The third-order valence-electron chi connectivity index (χ3n) is 4.76. The minimum Gasteiger partial charge on any atom is -0.486 e. The van der Waals surface area contributed by atoms with Crippen molar-refractivity contribution in [3.05, 3.63) is 41.2 Å². The molecule has 1 aliphatic heterocycles. The van der Waals surface area contributed by atoms with Crippen LogP contribution in [0.15, 0.2) is 24.4 Å². The summed E-state index contributed by atoms with van der Waals surface area (Å²) in [5.41, 5.74) is 3.99. The van der Waals surface area contributed by atoms with Gasteiger partial charge in [-0.3, -0.25) is 4.68 Å². The lowest BCUT2D eigenvalue weighted by Gasteiger charge is -2.25. The molecule has 1 aromatic heterocycles. The molecule has 2 aliphatic rings. The van der Waals surface area contributed by atoms with Crippen LogP contribution < -0.4 is 14.8 Å². The normalized spacial score (nSPS) is 19.4. The van der Waals surface area contributed by atoms with E-state index in [-0.39, 0.29) is 0 Å². The molecule has 2 aromatic rings. The number of hydrogen-bond acceptors (Lipinski definition) is 4. The van der Waals surface area contributed by atoms with E-state index in [0.717, 1.165) is 43.9 Å². The molecular formula is C18H23N3O2. The Morgan fingerprint density at radius 3 is 3.13 bits per heavy atom. The largest absolute Gasteiger partial charge is 0.486 e. The number of nitrogens with zero attached hydrogens (tertiary/aromatic N) is 2. The number of fused-ring (bicyclic) bond motifs is 2. The van der Waals surface area contributed by atoms with Crippen molar-refractivity contribution in [2.75, 3.05) is 13.2 Å². The van der Waals surface area contributed by atoms with Gasteiger partial charge in [0.1, 0.15) is 13.2 Å². The second-order valence-corrected chi connectivity index (χ2v) is 6.19. The molecule has 0 radical (unpaired) electrons. The Morgan fingerprint density at radius 2 is 2.22 bits per heavy atom. The van der Waals surface area contributed by atoms with Crippen LogP contribution in [0.1, 0.15) is 30.2 Å². The maximum atomic E-state index is 5.79. The molecule has 1 atom stereocenters. The fourth-order valence-electron chi connectivity index (χ4n) is 3.56. The number of hydrogen-bond donors (Lipinski definition) is 1. The molecule has 2 heterocycles. The summed E-state index contributed by atoms with van der Waals surface area (Å²) in [6.07, 6.45) is 5.36. The molecule has 4 rings (SSSR count). The van der Waals surface area contributed by atoms with E-state index in [9.17, 15) is 0 Å². The lowest BCUT2D eigenvalue weighted by Crippen LogP contribution is -2.34. The Kier molecular flexibility index (Phi) is 3.95. The van der Waals surface area contributed by atoms with Crippen LogP contribution in [-0.2, 0) is 25.9 Å². The van der Waals surface area contributed by atoms with Gasteiger partial charge in [-0.2, -0.15) is 5.10 Å². The van der Waals surface area contributed by atoms with Gasteiger partial charge in [-0.1, -0.05) is 12.1 Å². The molecule has 0 bridgehead atoms. The molecule has 0 saturated heterocycles. The van der Waals surface area contributed by atoms with Crippen molar-refractivity contribution in [1.82, 2.24) is 15.1 Å². The number of rotatable bonds is 4. The zero-order valence-corrected chi connectivity index (χ0v) is 13.5. The number of aromatic nitrogens is 2. The molecule has 0 saturated carbocycles. The van der Waals surface area contributed by atoms with E-state index in [1.807, 2.05) is 18.3 Å². The van der Waals surface area contributed by atoms with Crippen molar-refractivity contribution in [3.8, 4) is 11.5 Å². The van der Waals surface area contributed by atoms with Gasteiger partial charge in [0.25, 0.3) is 0 Å². The van der Waals surface area contributed by atoms with E-state index < -0.39 is 0 Å². The Labute approximate surface area is 136 Å². The summed E-state index contributed by atoms with van der Waals surface area (Å²) in [5.74, 6) is 1.77. The van der Waals surface area contributed by atoms with Gasteiger partial charge in [0.2, 0.25) is 0 Å². The summed E-state index contributed by atoms with van der Waals surface area (Å²) in [4.78, 5) is 0. The van der Waals surface area contributed by atoms with Gasteiger partial charge in [-0.25, -0.2) is 0 Å². The minimum absolute atomic E-state index is 0.498. The molecule has 0 amide bonds. The van der Waals surface area contributed by atoms with Crippen LogP contribution in [0.5, 0.6) is 11.5 Å². The first-order valence-corrected chi connectivity index (χ1v) is 8.49. The molecule has 1 aliphatic carbocycles. The summed E-state index contributed by atoms with van der Waals surface area (Å²) >= 11 is 0. The van der Waals surface area contributed by atoms with Gasteiger partial charge in [0.15, 0.2) is 11.5 Å². The first-order valence-electron chi connectivity index (χ1n) is 8.49. The number of benzene rings is 1. The lowest BCUT2D eigenvalue weighted by molar-refractivity contribution is 0.169. The number of nitrogens with one attached hydrogen (secondary N) is 1. The molecule has 23 heavy (non-hydrogen) atoms. The van der Waals surface area contributed by atoms with Crippen molar-refractivity contribution >= 4 is 0 Å². The van der Waals surface area contributed by atoms with Gasteiger partial charge < -0.3 is 14.8 Å². The van der Waals surface area contributed by atoms with Crippen LogP contribution in [0.25, 0.3) is 0 Å². The highest BCUT2D eigenvalue weighted by molar-refractivity contribution is 5.47. The summed E-state index contributed by atoms with van der Waals surface area (Å²) < 4.78 is 13.6. The van der Waals surface area contributed by atoms with E-state index in [2.05, 4.69) is 28.1 Å². The van der Waals surface area contributed by atoms with Crippen molar-refractivity contribution in [1.29, 1.82) is 0 Å². The standard InChI is InChI=1S/C18H23N3O2/c1-2-21-16-7-6-15(10-14(16)12-20-21)19-11-13-4-3-5-17-18(13)23-9-8-22-17/h3-5,12,15,19H,2,6-11H2,1H3. The topological polar surface area (TPSA) is 48.3 Å². The van der Waals surface area contributed by atoms with Gasteiger partial charge in [-0.05, 0) is 37.8 Å². The van der Waals surface area contributed by atoms with Crippen molar-refractivity contribution in [3.63, 3.8) is 0 Å². The second-order valence-electron chi connectivity index (χ2n) is 6.19. The smallest absolute Gasteiger partial charge is 0.165 e. The van der Waals surface area contributed by atoms with E-state index >= 15 is 0 Å². The molecule has 1 unspecified atom stereocenters. The number of aryl methyl sites for hydroxylation is 1. The number of ether oxygens (including phenoxy) is 2. The average molecular weight is 313 g/mol. The Morgan fingerprint density at radius 1 is 1.30 bits per heavy atom. The van der Waals surface area contributed by atoms with Crippen molar-refractivity contribution in [2.45, 2.75) is 45.3 Å². The minimum atomic E-state index is 0.498. The first-order chi connectivity index (χ1) is 11.3. The van der Waals surface area contributed by atoms with Crippen LogP contribution in [0, 0.1) is 0 Å². The average Bonchev–Trinajstić information content (AvgIpc) is 3.02. The summed E-state index contributed by atoms with van der Waals surface area (Å²) in [5, 5.41) is 8.16. The first kappa shape index (κ1) is 14.6. The third kappa shape index (κ3) is 2.81. The maximum Gasteiger partial charge on any atom is 0.165 e.